The Morgan fingerprint density at radius 3 is 2.55 bits per heavy atom. The fourth-order valence-corrected chi connectivity index (χ4v) is 4.01. The van der Waals surface area contributed by atoms with Gasteiger partial charge in [-0.1, -0.05) is 72.4 Å². The Bertz CT molecular complexity index is 1220. The molecule has 0 unspecified atom stereocenters. The Labute approximate surface area is 183 Å². The number of benzene rings is 2. The van der Waals surface area contributed by atoms with E-state index in [-0.39, 0.29) is 23.3 Å². The highest BCUT2D eigenvalue weighted by atomic mass is 32.2. The molecule has 1 atom stereocenters. The van der Waals surface area contributed by atoms with Crippen molar-refractivity contribution in [3.8, 4) is 11.4 Å². The first kappa shape index (κ1) is 20.9. The predicted octanol–water partition coefficient (Wildman–Crippen LogP) is 3.31. The molecule has 2 N–H and O–H groups in total. The van der Waals surface area contributed by atoms with Crippen LogP contribution in [0.2, 0.25) is 0 Å². The second-order valence-electron chi connectivity index (χ2n) is 7.29. The lowest BCUT2D eigenvalue weighted by atomic mass is 10.1. The molecule has 4 aromatic rings. The van der Waals surface area contributed by atoms with Gasteiger partial charge in [0, 0.05) is 17.7 Å². The van der Waals surface area contributed by atoms with Crippen LogP contribution in [0.15, 0.2) is 76.7 Å². The number of H-pyrrole nitrogens is 1. The molecular formula is C23H23N5O2S. The van der Waals surface area contributed by atoms with Crippen LogP contribution in [-0.2, 0) is 11.2 Å². The molecule has 158 valence electrons. The third-order valence-electron chi connectivity index (χ3n) is 4.81. The maximum Gasteiger partial charge on any atom is 0.266 e. The summed E-state index contributed by atoms with van der Waals surface area (Å²) in [7, 11) is 0. The topological polar surface area (TPSA) is 92.2 Å². The van der Waals surface area contributed by atoms with Crippen molar-refractivity contribution < 1.29 is 4.79 Å². The molecule has 4 rings (SSSR count). The van der Waals surface area contributed by atoms with Gasteiger partial charge in [0.15, 0.2) is 16.6 Å². The number of aromatic nitrogens is 4. The van der Waals surface area contributed by atoms with E-state index in [0.29, 0.717) is 16.6 Å². The highest BCUT2D eigenvalue weighted by Crippen LogP contribution is 2.21. The number of nitrogens with zero attached hydrogens (tertiary/aromatic N) is 3. The Kier molecular flexibility index (Phi) is 6.47. The van der Waals surface area contributed by atoms with Gasteiger partial charge in [-0.2, -0.15) is 0 Å². The summed E-state index contributed by atoms with van der Waals surface area (Å²) in [5.41, 5.74) is 2.31. The van der Waals surface area contributed by atoms with Crippen molar-refractivity contribution in [2.75, 3.05) is 5.75 Å². The highest BCUT2D eigenvalue weighted by molar-refractivity contribution is 7.99. The fourth-order valence-electron chi connectivity index (χ4n) is 3.24. The van der Waals surface area contributed by atoms with E-state index >= 15 is 0 Å². The lowest BCUT2D eigenvalue weighted by Gasteiger charge is -2.14. The van der Waals surface area contributed by atoms with Crippen molar-refractivity contribution in [3.05, 3.63) is 82.6 Å². The van der Waals surface area contributed by atoms with Crippen molar-refractivity contribution in [1.29, 1.82) is 0 Å². The molecule has 0 saturated heterocycles. The molecule has 2 aromatic carbocycles. The maximum atomic E-state index is 12.5. The summed E-state index contributed by atoms with van der Waals surface area (Å²) in [4.78, 5) is 33.3. The molecule has 0 aliphatic rings. The van der Waals surface area contributed by atoms with Gasteiger partial charge in [0.2, 0.25) is 5.91 Å². The summed E-state index contributed by atoms with van der Waals surface area (Å²) in [5.74, 6) is 0.628. The average molecular weight is 434 g/mol. The van der Waals surface area contributed by atoms with Crippen molar-refractivity contribution in [2.45, 2.75) is 31.0 Å². The summed E-state index contributed by atoms with van der Waals surface area (Å²) in [5, 5.41) is 6.24. The van der Waals surface area contributed by atoms with E-state index in [9.17, 15) is 9.59 Å². The Morgan fingerprint density at radius 1 is 1.10 bits per heavy atom. The maximum absolute atomic E-state index is 12.5. The minimum atomic E-state index is -0.264. The second-order valence-corrected chi connectivity index (χ2v) is 8.23. The van der Waals surface area contributed by atoms with Crippen LogP contribution in [0.1, 0.15) is 18.9 Å². The molecule has 0 saturated carbocycles. The van der Waals surface area contributed by atoms with Crippen LogP contribution in [0.25, 0.3) is 17.0 Å². The molecule has 0 aliphatic carbocycles. The monoisotopic (exact) mass is 433 g/mol. The van der Waals surface area contributed by atoms with E-state index in [1.54, 1.807) is 0 Å². The fraction of sp³-hybridized carbons (Fsp3) is 0.217. The predicted molar refractivity (Wildman–Crippen MR) is 122 cm³/mol. The number of hydrogen-bond acceptors (Lipinski definition) is 5. The molecule has 2 aromatic heterocycles. The van der Waals surface area contributed by atoms with Crippen molar-refractivity contribution >= 4 is 23.3 Å². The molecular weight excluding hydrogens is 410 g/mol. The number of rotatable bonds is 8. The third-order valence-corrected chi connectivity index (χ3v) is 5.74. The molecule has 8 heteroatoms. The average Bonchev–Trinajstić information content (AvgIpc) is 3.17. The molecule has 1 amide bonds. The zero-order valence-electron chi connectivity index (χ0n) is 17.1. The first-order chi connectivity index (χ1) is 15.1. The van der Waals surface area contributed by atoms with E-state index in [2.05, 4.69) is 32.5 Å². The van der Waals surface area contributed by atoms with Gasteiger partial charge in [0.25, 0.3) is 5.56 Å². The Balaban J connectivity index is 1.42. The van der Waals surface area contributed by atoms with Crippen LogP contribution in [-0.4, -0.2) is 37.3 Å². The lowest BCUT2D eigenvalue weighted by Crippen LogP contribution is -2.34. The van der Waals surface area contributed by atoms with Gasteiger partial charge in [-0.25, -0.2) is 14.5 Å². The number of fused-ring (bicyclic) bond motifs is 1. The number of carbonyl (C=O) groups is 1. The third kappa shape index (κ3) is 5.40. The number of aryl methyl sites for hydroxylation is 1. The SMILES string of the molecule is C[C@H](CCc1ccccc1)NC(=O)CSc1nc(-c2ccccc2)nc2cc(=O)[nH]n12. The van der Waals surface area contributed by atoms with Gasteiger partial charge in [-0.05, 0) is 25.3 Å². The highest BCUT2D eigenvalue weighted by Gasteiger charge is 2.14. The summed E-state index contributed by atoms with van der Waals surface area (Å²) in [6, 6.07) is 21.2. The number of amides is 1. The molecule has 0 spiro atoms. The van der Waals surface area contributed by atoms with Gasteiger partial charge in [-0.15, -0.1) is 0 Å². The molecule has 0 radical (unpaired) electrons. The van der Waals surface area contributed by atoms with Gasteiger partial charge in [-0.3, -0.25) is 14.7 Å². The van der Waals surface area contributed by atoms with E-state index in [4.69, 9.17) is 0 Å². The van der Waals surface area contributed by atoms with Crippen molar-refractivity contribution in [2.24, 2.45) is 0 Å². The molecule has 0 aliphatic heterocycles. The summed E-state index contributed by atoms with van der Waals surface area (Å²) in [6.07, 6.45) is 1.77. The smallest absolute Gasteiger partial charge is 0.266 e. The number of hydrogen-bond donors (Lipinski definition) is 2. The van der Waals surface area contributed by atoms with Crippen LogP contribution < -0.4 is 10.9 Å². The lowest BCUT2D eigenvalue weighted by molar-refractivity contribution is -0.119. The number of nitrogens with one attached hydrogen (secondary N) is 2. The van der Waals surface area contributed by atoms with E-state index in [1.807, 2.05) is 55.5 Å². The quantitative estimate of drug-likeness (QED) is 0.416. The number of aromatic amines is 1. The zero-order valence-corrected chi connectivity index (χ0v) is 17.9. The van der Waals surface area contributed by atoms with E-state index < -0.39 is 0 Å². The van der Waals surface area contributed by atoms with Crippen LogP contribution in [0, 0.1) is 0 Å². The Morgan fingerprint density at radius 2 is 1.81 bits per heavy atom. The van der Waals surface area contributed by atoms with Crippen molar-refractivity contribution in [1.82, 2.24) is 24.9 Å². The minimum Gasteiger partial charge on any atom is -0.353 e. The first-order valence-corrected chi connectivity index (χ1v) is 11.1. The summed E-state index contributed by atoms with van der Waals surface area (Å²) >= 11 is 1.27. The zero-order chi connectivity index (χ0) is 21.6. The number of carbonyl (C=O) groups excluding carboxylic acids is 1. The number of thioether (sulfide) groups is 1. The second kappa shape index (κ2) is 9.61. The summed E-state index contributed by atoms with van der Waals surface area (Å²) in [6.45, 7) is 2.01. The van der Waals surface area contributed by atoms with Crippen LogP contribution in [0.3, 0.4) is 0 Å². The normalized spacial score (nSPS) is 12.0. The largest absolute Gasteiger partial charge is 0.353 e. The standard InChI is InChI=1S/C23H23N5O2S/c1-16(12-13-17-8-4-2-5-9-17)24-21(30)15-31-23-26-22(18-10-6-3-7-11-18)25-19-14-20(29)27-28(19)23/h2-11,14,16H,12-13,15H2,1H3,(H,24,30)(H,27,29)/t16-/m1/s1. The molecule has 0 bridgehead atoms. The van der Waals surface area contributed by atoms with Crippen LogP contribution >= 0.6 is 11.8 Å². The van der Waals surface area contributed by atoms with E-state index in [0.717, 1.165) is 18.4 Å². The molecule has 7 nitrogen and oxygen atoms in total. The van der Waals surface area contributed by atoms with Gasteiger partial charge >= 0.3 is 0 Å². The van der Waals surface area contributed by atoms with Gasteiger partial charge in [0.1, 0.15) is 0 Å². The van der Waals surface area contributed by atoms with E-state index in [1.165, 1.54) is 27.9 Å². The molecule has 31 heavy (non-hydrogen) atoms. The molecule has 2 heterocycles. The van der Waals surface area contributed by atoms with Crippen LogP contribution in [0.5, 0.6) is 0 Å². The first-order valence-electron chi connectivity index (χ1n) is 10.1. The Hall–Kier alpha value is -3.39. The van der Waals surface area contributed by atoms with Gasteiger partial charge < -0.3 is 5.32 Å². The molecule has 0 fully saturated rings. The van der Waals surface area contributed by atoms with Gasteiger partial charge in [0.05, 0.1) is 5.75 Å². The summed E-state index contributed by atoms with van der Waals surface area (Å²) < 4.78 is 1.52. The minimum absolute atomic E-state index is 0.0602. The van der Waals surface area contributed by atoms with Crippen LogP contribution in [0.4, 0.5) is 0 Å². The van der Waals surface area contributed by atoms with Crippen molar-refractivity contribution in [3.63, 3.8) is 0 Å².